The molecule has 0 saturated carbocycles. The predicted molar refractivity (Wildman–Crippen MR) is 115 cm³/mol. The van der Waals surface area contributed by atoms with Gasteiger partial charge in [0.15, 0.2) is 5.82 Å². The SMILES string of the molecule is C[C@@H]1CN(c2nc(C[NH+]3CCCCC3)nc3sc4c(c23)CCCC4)C[C@@H](C)O1. The van der Waals surface area contributed by atoms with E-state index in [0.717, 1.165) is 25.5 Å². The molecular formula is C22H33N4OS+. The molecule has 5 nitrogen and oxygen atoms in total. The molecule has 3 aliphatic rings. The summed E-state index contributed by atoms with van der Waals surface area (Å²) in [5, 5.41) is 1.36. The first-order valence-corrected chi connectivity index (χ1v) is 12.0. The molecule has 28 heavy (non-hydrogen) atoms. The summed E-state index contributed by atoms with van der Waals surface area (Å²) in [6.07, 6.45) is 9.60. The number of hydrogen-bond donors (Lipinski definition) is 1. The van der Waals surface area contributed by atoms with E-state index in [1.807, 2.05) is 11.3 Å². The average Bonchev–Trinajstić information content (AvgIpc) is 3.06. The van der Waals surface area contributed by atoms with Crippen molar-refractivity contribution in [3.8, 4) is 0 Å². The lowest BCUT2D eigenvalue weighted by Crippen LogP contribution is -3.11. The highest BCUT2D eigenvalue weighted by atomic mass is 32.1. The van der Waals surface area contributed by atoms with Crippen LogP contribution in [0.4, 0.5) is 5.82 Å². The number of hydrogen-bond acceptors (Lipinski definition) is 5. The zero-order chi connectivity index (χ0) is 19.1. The van der Waals surface area contributed by atoms with Crippen molar-refractivity contribution in [2.24, 2.45) is 0 Å². The van der Waals surface area contributed by atoms with Crippen molar-refractivity contribution >= 4 is 27.4 Å². The number of anilines is 1. The Balaban J connectivity index is 1.56. The van der Waals surface area contributed by atoms with Crippen molar-refractivity contribution in [1.82, 2.24) is 9.97 Å². The lowest BCUT2D eigenvalue weighted by atomic mass is 9.96. The molecule has 0 unspecified atom stereocenters. The largest absolute Gasteiger partial charge is 0.372 e. The van der Waals surface area contributed by atoms with Gasteiger partial charge in [0.05, 0.1) is 30.7 Å². The number of piperidine rings is 1. The quantitative estimate of drug-likeness (QED) is 0.859. The molecule has 2 saturated heterocycles. The summed E-state index contributed by atoms with van der Waals surface area (Å²) in [4.78, 5) is 17.2. The van der Waals surface area contributed by atoms with E-state index in [1.54, 1.807) is 15.3 Å². The number of quaternary nitrogens is 1. The molecule has 2 aliphatic heterocycles. The minimum atomic E-state index is 0.249. The highest BCUT2D eigenvalue weighted by molar-refractivity contribution is 7.19. The van der Waals surface area contributed by atoms with Gasteiger partial charge in [-0.1, -0.05) is 0 Å². The van der Waals surface area contributed by atoms with Gasteiger partial charge in [-0.25, -0.2) is 9.97 Å². The van der Waals surface area contributed by atoms with Gasteiger partial charge in [0.1, 0.15) is 17.2 Å². The number of fused-ring (bicyclic) bond motifs is 3. The molecule has 4 heterocycles. The third-order valence-corrected chi connectivity index (χ3v) is 7.72. The minimum absolute atomic E-state index is 0.249. The Bertz CT molecular complexity index is 835. The van der Waals surface area contributed by atoms with Gasteiger partial charge < -0.3 is 14.5 Å². The maximum atomic E-state index is 6.01. The van der Waals surface area contributed by atoms with Crippen molar-refractivity contribution < 1.29 is 9.64 Å². The Hall–Kier alpha value is -1.24. The molecule has 2 fully saturated rings. The Morgan fingerprint density at radius 2 is 1.75 bits per heavy atom. The average molecular weight is 402 g/mol. The van der Waals surface area contributed by atoms with Crippen molar-refractivity contribution in [1.29, 1.82) is 0 Å². The lowest BCUT2D eigenvalue weighted by Gasteiger charge is -2.36. The number of morpholine rings is 1. The number of nitrogens with one attached hydrogen (secondary N) is 1. The Morgan fingerprint density at radius 1 is 1.00 bits per heavy atom. The van der Waals surface area contributed by atoms with Gasteiger partial charge in [-0.3, -0.25) is 0 Å². The summed E-state index contributed by atoms with van der Waals surface area (Å²) in [5.41, 5.74) is 1.55. The third kappa shape index (κ3) is 3.66. The van der Waals surface area contributed by atoms with Crippen LogP contribution in [0.5, 0.6) is 0 Å². The van der Waals surface area contributed by atoms with Gasteiger partial charge in [-0.15, -0.1) is 11.3 Å². The molecule has 5 rings (SSSR count). The van der Waals surface area contributed by atoms with Crippen molar-refractivity contribution in [3.63, 3.8) is 0 Å². The molecule has 1 aliphatic carbocycles. The first-order valence-electron chi connectivity index (χ1n) is 11.2. The van der Waals surface area contributed by atoms with Gasteiger partial charge in [0, 0.05) is 18.0 Å². The van der Waals surface area contributed by atoms with Crippen LogP contribution >= 0.6 is 11.3 Å². The van der Waals surface area contributed by atoms with Gasteiger partial charge in [-0.05, 0) is 64.4 Å². The molecule has 6 heteroatoms. The molecule has 2 atom stereocenters. The number of ether oxygens (including phenoxy) is 1. The molecule has 0 bridgehead atoms. The standard InChI is InChI=1S/C22H32N4OS/c1-15-12-26(13-16(2)27-15)21-20-17-8-4-5-9-18(17)28-22(20)24-19(23-21)14-25-10-6-3-7-11-25/h15-16H,3-14H2,1-2H3/p+1/t15-,16-/m1/s1. The van der Waals surface area contributed by atoms with Crippen LogP contribution in [0.25, 0.3) is 10.2 Å². The molecular weight excluding hydrogens is 368 g/mol. The van der Waals surface area contributed by atoms with Crippen LogP contribution in [-0.2, 0) is 24.1 Å². The van der Waals surface area contributed by atoms with Crippen molar-refractivity contribution in [2.45, 2.75) is 77.5 Å². The van der Waals surface area contributed by atoms with Crippen LogP contribution in [0.2, 0.25) is 0 Å². The molecule has 0 aromatic carbocycles. The molecule has 152 valence electrons. The molecule has 0 spiro atoms. The fraction of sp³-hybridized carbons (Fsp3) is 0.727. The van der Waals surface area contributed by atoms with E-state index in [9.17, 15) is 0 Å². The van der Waals surface area contributed by atoms with Crippen LogP contribution in [0.15, 0.2) is 0 Å². The van der Waals surface area contributed by atoms with E-state index in [2.05, 4.69) is 18.7 Å². The minimum Gasteiger partial charge on any atom is -0.372 e. The monoisotopic (exact) mass is 401 g/mol. The van der Waals surface area contributed by atoms with Gasteiger partial charge in [0.2, 0.25) is 0 Å². The topological polar surface area (TPSA) is 42.7 Å². The van der Waals surface area contributed by atoms with Gasteiger partial charge in [-0.2, -0.15) is 0 Å². The van der Waals surface area contributed by atoms with E-state index in [4.69, 9.17) is 14.7 Å². The third-order valence-electron chi connectivity index (χ3n) is 6.53. The van der Waals surface area contributed by atoms with Crippen LogP contribution in [-0.4, -0.2) is 48.4 Å². The summed E-state index contributed by atoms with van der Waals surface area (Å²) in [7, 11) is 0. The summed E-state index contributed by atoms with van der Waals surface area (Å²) in [5.74, 6) is 2.24. The van der Waals surface area contributed by atoms with Gasteiger partial charge in [0.25, 0.3) is 0 Å². The van der Waals surface area contributed by atoms with Crippen LogP contribution in [0.3, 0.4) is 0 Å². The second-order valence-electron chi connectivity index (χ2n) is 9.00. The lowest BCUT2D eigenvalue weighted by molar-refractivity contribution is -0.919. The van der Waals surface area contributed by atoms with E-state index in [1.165, 1.54) is 74.1 Å². The zero-order valence-electron chi connectivity index (χ0n) is 17.3. The maximum Gasteiger partial charge on any atom is 0.187 e. The Labute approximate surface area is 172 Å². The molecule has 1 N–H and O–H groups in total. The summed E-state index contributed by atoms with van der Waals surface area (Å²) < 4.78 is 6.01. The number of aromatic nitrogens is 2. The van der Waals surface area contributed by atoms with Crippen LogP contribution in [0, 0.1) is 0 Å². The van der Waals surface area contributed by atoms with E-state index < -0.39 is 0 Å². The van der Waals surface area contributed by atoms with E-state index >= 15 is 0 Å². The fourth-order valence-corrected chi connectivity index (χ4v) is 6.57. The number of likely N-dealkylation sites (tertiary alicyclic amines) is 1. The highest BCUT2D eigenvalue weighted by Crippen LogP contribution is 2.40. The Morgan fingerprint density at radius 3 is 2.54 bits per heavy atom. The number of nitrogens with zero attached hydrogens (tertiary/aromatic N) is 3. The Kier molecular flexibility index (Phi) is 5.28. The molecule has 2 aromatic rings. The number of aryl methyl sites for hydroxylation is 2. The number of thiophene rings is 1. The van der Waals surface area contributed by atoms with Crippen molar-refractivity contribution in [3.05, 3.63) is 16.3 Å². The van der Waals surface area contributed by atoms with Crippen LogP contribution in [0.1, 0.15) is 62.2 Å². The van der Waals surface area contributed by atoms with Gasteiger partial charge >= 0.3 is 0 Å². The van der Waals surface area contributed by atoms with Crippen LogP contribution < -0.4 is 9.80 Å². The summed E-state index contributed by atoms with van der Waals surface area (Å²) in [6.45, 7) is 9.73. The zero-order valence-corrected chi connectivity index (χ0v) is 18.1. The summed E-state index contributed by atoms with van der Waals surface area (Å²) in [6, 6.07) is 0. The normalized spacial score (nSPS) is 26.6. The first-order chi connectivity index (χ1) is 13.7. The second-order valence-corrected chi connectivity index (χ2v) is 10.1. The van der Waals surface area contributed by atoms with E-state index in [-0.39, 0.29) is 12.2 Å². The molecule has 2 aromatic heterocycles. The smallest absolute Gasteiger partial charge is 0.187 e. The summed E-state index contributed by atoms with van der Waals surface area (Å²) >= 11 is 1.94. The molecule has 0 radical (unpaired) electrons. The highest BCUT2D eigenvalue weighted by Gasteiger charge is 2.29. The second kappa shape index (κ2) is 7.88. The maximum absolute atomic E-state index is 6.01. The molecule has 0 amide bonds. The van der Waals surface area contributed by atoms with Crippen molar-refractivity contribution in [2.75, 3.05) is 31.1 Å². The van der Waals surface area contributed by atoms with E-state index in [0.29, 0.717) is 0 Å². The predicted octanol–water partition coefficient (Wildman–Crippen LogP) is 2.75. The first kappa shape index (κ1) is 18.8. The fourth-order valence-electron chi connectivity index (χ4n) is 5.29. The number of rotatable bonds is 3.